The van der Waals surface area contributed by atoms with E-state index in [1.807, 2.05) is 24.4 Å². The van der Waals surface area contributed by atoms with E-state index in [4.69, 9.17) is 9.47 Å². The van der Waals surface area contributed by atoms with Gasteiger partial charge in [-0.05, 0) is 6.07 Å². The number of benzene rings is 1. The van der Waals surface area contributed by atoms with E-state index in [-0.39, 0.29) is 0 Å². The molecule has 0 amide bonds. The Morgan fingerprint density at radius 3 is 2.84 bits per heavy atom. The fourth-order valence-corrected chi connectivity index (χ4v) is 1.87. The monoisotopic (exact) mass is 261 g/mol. The minimum atomic E-state index is 0.765. The van der Waals surface area contributed by atoms with E-state index in [9.17, 15) is 0 Å². The largest absolute Gasteiger partial charge is 0.497 e. The van der Waals surface area contributed by atoms with E-state index in [1.165, 1.54) is 0 Å². The maximum atomic E-state index is 5.35. The average molecular weight is 261 g/mol. The topological polar surface area (TPSA) is 59.2 Å². The third-order valence-electron chi connectivity index (χ3n) is 2.94. The Balaban J connectivity index is 1.85. The van der Waals surface area contributed by atoms with Crippen LogP contribution in [-0.4, -0.2) is 30.7 Å². The molecular weight excluding hydrogens is 242 g/mol. The van der Waals surface area contributed by atoms with Crippen molar-refractivity contribution in [3.8, 4) is 11.5 Å². The lowest BCUT2D eigenvalue weighted by molar-refractivity contribution is 0.390. The molecule has 0 saturated heterocycles. The number of imidazole rings is 1. The lowest BCUT2D eigenvalue weighted by Crippen LogP contribution is -2.17. The van der Waals surface area contributed by atoms with Crippen molar-refractivity contribution in [1.29, 1.82) is 0 Å². The Kier molecular flexibility index (Phi) is 4.80. The second-order valence-corrected chi connectivity index (χ2v) is 4.18. The molecule has 0 unspecified atom stereocenters. The van der Waals surface area contributed by atoms with Gasteiger partial charge in [0.1, 0.15) is 11.5 Å². The van der Waals surface area contributed by atoms with Crippen LogP contribution < -0.4 is 14.8 Å². The van der Waals surface area contributed by atoms with Crippen LogP contribution in [0.1, 0.15) is 11.3 Å². The van der Waals surface area contributed by atoms with Gasteiger partial charge in [0.25, 0.3) is 0 Å². The van der Waals surface area contributed by atoms with Crippen LogP contribution in [0.3, 0.4) is 0 Å². The minimum Gasteiger partial charge on any atom is -0.497 e. The molecule has 1 aromatic heterocycles. The molecule has 19 heavy (non-hydrogen) atoms. The van der Waals surface area contributed by atoms with Gasteiger partial charge in [0.2, 0.25) is 0 Å². The smallest absolute Gasteiger partial charge is 0.127 e. The average Bonchev–Trinajstić information content (AvgIpc) is 2.96. The highest BCUT2D eigenvalue weighted by molar-refractivity contribution is 5.40. The number of hydrogen-bond donors (Lipinski definition) is 2. The Bertz CT molecular complexity index is 497. The lowest BCUT2D eigenvalue weighted by atomic mass is 10.2. The molecule has 5 heteroatoms. The van der Waals surface area contributed by atoms with Crippen LogP contribution in [0.2, 0.25) is 0 Å². The molecular formula is C14H19N3O2. The molecule has 0 bridgehead atoms. The third kappa shape index (κ3) is 3.72. The first kappa shape index (κ1) is 13.4. The molecule has 2 N–H and O–H groups in total. The van der Waals surface area contributed by atoms with Crippen molar-refractivity contribution in [1.82, 2.24) is 15.3 Å². The summed E-state index contributed by atoms with van der Waals surface area (Å²) in [5.41, 5.74) is 2.25. The summed E-state index contributed by atoms with van der Waals surface area (Å²) in [6, 6.07) is 5.85. The van der Waals surface area contributed by atoms with Gasteiger partial charge in [-0.25, -0.2) is 4.98 Å². The normalized spacial score (nSPS) is 10.4. The summed E-state index contributed by atoms with van der Waals surface area (Å²) < 4.78 is 10.5. The van der Waals surface area contributed by atoms with Crippen molar-refractivity contribution in [3.05, 3.63) is 42.0 Å². The molecule has 5 nitrogen and oxygen atoms in total. The van der Waals surface area contributed by atoms with Crippen LogP contribution in [0.25, 0.3) is 0 Å². The highest BCUT2D eigenvalue weighted by Crippen LogP contribution is 2.24. The van der Waals surface area contributed by atoms with Crippen molar-refractivity contribution >= 4 is 0 Å². The summed E-state index contributed by atoms with van der Waals surface area (Å²) in [4.78, 5) is 7.07. The first-order chi connectivity index (χ1) is 9.33. The zero-order valence-electron chi connectivity index (χ0n) is 11.3. The second kappa shape index (κ2) is 6.80. The van der Waals surface area contributed by atoms with Crippen LogP contribution >= 0.6 is 0 Å². The SMILES string of the molecule is COc1ccc(CNCCc2cnc[nH]2)c(OC)c1. The Labute approximate surface area is 113 Å². The van der Waals surface area contributed by atoms with E-state index in [0.717, 1.165) is 42.3 Å². The highest BCUT2D eigenvalue weighted by Gasteiger charge is 2.04. The predicted molar refractivity (Wildman–Crippen MR) is 73.5 cm³/mol. The molecule has 0 aliphatic carbocycles. The summed E-state index contributed by atoms with van der Waals surface area (Å²) in [5.74, 6) is 1.64. The quantitative estimate of drug-likeness (QED) is 0.746. The molecule has 102 valence electrons. The van der Waals surface area contributed by atoms with Gasteiger partial charge in [0.15, 0.2) is 0 Å². The number of rotatable bonds is 7. The van der Waals surface area contributed by atoms with Crippen molar-refractivity contribution in [3.63, 3.8) is 0 Å². The number of nitrogens with zero attached hydrogens (tertiary/aromatic N) is 1. The van der Waals surface area contributed by atoms with E-state index < -0.39 is 0 Å². The number of methoxy groups -OCH3 is 2. The summed E-state index contributed by atoms with van der Waals surface area (Å²) in [7, 11) is 3.32. The fourth-order valence-electron chi connectivity index (χ4n) is 1.87. The maximum Gasteiger partial charge on any atom is 0.127 e. The molecule has 2 rings (SSSR count). The van der Waals surface area contributed by atoms with Crippen molar-refractivity contribution in [2.24, 2.45) is 0 Å². The van der Waals surface area contributed by atoms with E-state index in [0.29, 0.717) is 0 Å². The zero-order chi connectivity index (χ0) is 13.5. The van der Waals surface area contributed by atoms with Crippen LogP contribution in [0, 0.1) is 0 Å². The molecule has 0 spiro atoms. The molecule has 0 fully saturated rings. The van der Waals surface area contributed by atoms with Gasteiger partial charge in [-0.1, -0.05) is 6.07 Å². The summed E-state index contributed by atoms with van der Waals surface area (Å²) >= 11 is 0. The molecule has 0 saturated carbocycles. The molecule has 1 heterocycles. The third-order valence-corrected chi connectivity index (χ3v) is 2.94. The summed E-state index contributed by atoms with van der Waals surface area (Å²) in [5, 5.41) is 3.38. The van der Waals surface area contributed by atoms with Crippen LogP contribution in [0.4, 0.5) is 0 Å². The Morgan fingerprint density at radius 2 is 2.16 bits per heavy atom. The van der Waals surface area contributed by atoms with Crippen LogP contribution in [0.15, 0.2) is 30.7 Å². The fraction of sp³-hybridized carbons (Fsp3) is 0.357. The van der Waals surface area contributed by atoms with Gasteiger partial charge < -0.3 is 19.8 Å². The number of aromatic amines is 1. The second-order valence-electron chi connectivity index (χ2n) is 4.18. The highest BCUT2D eigenvalue weighted by atomic mass is 16.5. The number of hydrogen-bond acceptors (Lipinski definition) is 4. The number of H-pyrrole nitrogens is 1. The molecule has 1 aromatic carbocycles. The first-order valence-electron chi connectivity index (χ1n) is 6.22. The standard InChI is InChI=1S/C14H19N3O2/c1-18-13-4-3-11(14(7-13)19-2)8-15-6-5-12-9-16-10-17-12/h3-4,7,9-10,15H,5-6,8H2,1-2H3,(H,16,17). The number of nitrogens with one attached hydrogen (secondary N) is 2. The van der Waals surface area contributed by atoms with E-state index in [2.05, 4.69) is 15.3 Å². The van der Waals surface area contributed by atoms with Crippen molar-refractivity contribution < 1.29 is 9.47 Å². The van der Waals surface area contributed by atoms with Crippen molar-refractivity contribution in [2.45, 2.75) is 13.0 Å². The van der Waals surface area contributed by atoms with Gasteiger partial charge in [0.05, 0.1) is 20.5 Å². The van der Waals surface area contributed by atoms with E-state index >= 15 is 0 Å². The van der Waals surface area contributed by atoms with Crippen molar-refractivity contribution in [2.75, 3.05) is 20.8 Å². The molecule has 0 atom stereocenters. The number of ether oxygens (including phenoxy) is 2. The molecule has 0 aliphatic rings. The Morgan fingerprint density at radius 1 is 1.26 bits per heavy atom. The van der Waals surface area contributed by atoms with Gasteiger partial charge >= 0.3 is 0 Å². The summed E-state index contributed by atoms with van der Waals surface area (Å²) in [6.45, 7) is 1.65. The maximum absolute atomic E-state index is 5.35. The molecule has 0 aliphatic heterocycles. The summed E-state index contributed by atoms with van der Waals surface area (Å²) in [6.07, 6.45) is 4.47. The Hall–Kier alpha value is -2.01. The van der Waals surface area contributed by atoms with Crippen LogP contribution in [-0.2, 0) is 13.0 Å². The van der Waals surface area contributed by atoms with Gasteiger partial charge in [-0.3, -0.25) is 0 Å². The minimum absolute atomic E-state index is 0.765. The lowest BCUT2D eigenvalue weighted by Gasteiger charge is -2.11. The number of aromatic nitrogens is 2. The van der Waals surface area contributed by atoms with Crippen LogP contribution in [0.5, 0.6) is 11.5 Å². The molecule has 2 aromatic rings. The van der Waals surface area contributed by atoms with Gasteiger partial charge in [-0.2, -0.15) is 0 Å². The zero-order valence-corrected chi connectivity index (χ0v) is 11.3. The molecule has 0 radical (unpaired) electrons. The van der Waals surface area contributed by atoms with Gasteiger partial charge in [0, 0.05) is 43.0 Å². The van der Waals surface area contributed by atoms with E-state index in [1.54, 1.807) is 20.5 Å². The first-order valence-corrected chi connectivity index (χ1v) is 6.22. The predicted octanol–water partition coefficient (Wildman–Crippen LogP) is 1.76. The van der Waals surface area contributed by atoms with Gasteiger partial charge in [-0.15, -0.1) is 0 Å².